The maximum absolute atomic E-state index is 14.5. The Morgan fingerprint density at radius 2 is 1.41 bits per heavy atom. The van der Waals surface area contributed by atoms with Gasteiger partial charge in [0, 0.05) is 24.1 Å². The van der Waals surface area contributed by atoms with Gasteiger partial charge in [-0.15, -0.1) is 5.10 Å². The van der Waals surface area contributed by atoms with Crippen LogP contribution in [0.5, 0.6) is 0 Å². The number of hydrogen-bond donors (Lipinski definition) is 0. The molecule has 0 aliphatic rings. The molecule has 0 bridgehead atoms. The summed E-state index contributed by atoms with van der Waals surface area (Å²) < 4.78 is 132. The van der Waals surface area contributed by atoms with Crippen molar-refractivity contribution in [3.63, 3.8) is 0 Å². The largest absolute Gasteiger partial charge is 0.462 e. The number of fused-ring (bicyclic) bond motifs is 1. The number of rotatable bonds is 5. The van der Waals surface area contributed by atoms with Crippen LogP contribution in [0.1, 0.15) is 5.82 Å². The van der Waals surface area contributed by atoms with Crippen LogP contribution >= 0.6 is 58.7 Å². The molecule has 20 heteroatoms. The lowest BCUT2D eigenvalue weighted by atomic mass is 10.1. The van der Waals surface area contributed by atoms with Crippen molar-refractivity contribution >= 4 is 70.3 Å². The van der Waals surface area contributed by atoms with Crippen molar-refractivity contribution in [1.29, 1.82) is 0 Å². The van der Waals surface area contributed by atoms with E-state index < -0.39 is 90.7 Å². The third-order valence-corrected chi connectivity index (χ3v) is 5.70. The van der Waals surface area contributed by atoms with E-state index in [0.717, 1.165) is 0 Å². The predicted molar refractivity (Wildman–Crippen MR) is 105 cm³/mol. The number of alkyl halides is 9. The average molecular weight is 601 g/mol. The molecule has 3 aromatic rings. The molecule has 0 spiro atoms. The zero-order chi connectivity index (χ0) is 25.8. The summed E-state index contributed by atoms with van der Waals surface area (Å²) in [5, 5.41) is 1.86. The second-order valence-electron chi connectivity index (χ2n) is 5.82. The smallest absolute Gasteiger partial charge is 0.227 e. The summed E-state index contributed by atoms with van der Waals surface area (Å²) in [6, 6.07) is 0.199. The lowest BCUT2D eigenvalue weighted by Crippen LogP contribution is -2.22. The Hall–Kier alpha value is -1.56. The van der Waals surface area contributed by atoms with Gasteiger partial charge in [-0.05, 0) is 0 Å². The highest BCUT2D eigenvalue weighted by Gasteiger charge is 2.43. The van der Waals surface area contributed by atoms with Gasteiger partial charge in [-0.3, -0.25) is 0 Å². The van der Waals surface area contributed by atoms with Gasteiger partial charge in [0.2, 0.25) is 0 Å². The number of benzene rings is 1. The molecule has 0 aliphatic heterocycles. The lowest BCUT2D eigenvalue weighted by Gasteiger charge is -2.27. The van der Waals surface area contributed by atoms with E-state index in [-0.39, 0.29) is 20.4 Å². The van der Waals surface area contributed by atoms with Crippen molar-refractivity contribution in [2.75, 3.05) is 3.71 Å². The van der Waals surface area contributed by atoms with Crippen LogP contribution in [0.15, 0.2) is 12.1 Å². The summed E-state index contributed by atoms with van der Waals surface area (Å²) in [5.74, 6) is -9.32. The fourth-order valence-electron chi connectivity index (χ4n) is 2.44. The topological polar surface area (TPSA) is 46.3 Å². The van der Waals surface area contributed by atoms with Crippen molar-refractivity contribution in [2.24, 2.45) is 0 Å². The van der Waals surface area contributed by atoms with Gasteiger partial charge >= 0.3 is 15.6 Å². The van der Waals surface area contributed by atoms with E-state index in [2.05, 4.69) is 15.1 Å². The third kappa shape index (κ3) is 5.98. The van der Waals surface area contributed by atoms with E-state index in [1.54, 1.807) is 0 Å². The van der Waals surface area contributed by atoms with Crippen molar-refractivity contribution in [3.8, 4) is 11.1 Å². The number of anilines is 1. The van der Waals surface area contributed by atoms with Gasteiger partial charge in [-0.2, -0.15) is 45.2 Å². The van der Waals surface area contributed by atoms with Gasteiger partial charge in [0.25, 0.3) is 11.6 Å². The monoisotopic (exact) mass is 599 g/mol. The minimum atomic E-state index is -5.29. The van der Waals surface area contributed by atoms with Crippen LogP contribution in [0.25, 0.3) is 16.9 Å². The molecule has 186 valence electrons. The molecule has 0 N–H and O–H groups in total. The molecule has 3 rings (SSSR count). The summed E-state index contributed by atoms with van der Waals surface area (Å²) in [6.45, 7) is 0. The Morgan fingerprint density at radius 1 is 0.853 bits per heavy atom. The second kappa shape index (κ2) is 9.15. The summed E-state index contributed by atoms with van der Waals surface area (Å²) in [7, 11) is 0. The molecule has 0 radical (unpaired) electrons. The first kappa shape index (κ1) is 27.0. The molecule has 2 heterocycles. The molecule has 0 atom stereocenters. The highest BCUT2D eigenvalue weighted by Crippen LogP contribution is 2.52. The number of aromatic nitrogens is 4. The molecule has 0 aliphatic carbocycles. The predicted octanol–water partition coefficient (Wildman–Crippen LogP) is 7.56. The molecule has 5 nitrogen and oxygen atoms in total. The molecule has 1 aromatic carbocycles. The molecule has 2 aromatic heterocycles. The summed E-state index contributed by atoms with van der Waals surface area (Å²) in [5.41, 5.74) is -7.80. The van der Waals surface area contributed by atoms with E-state index in [0.29, 0.717) is 0 Å². The van der Waals surface area contributed by atoms with Crippen molar-refractivity contribution < 1.29 is 43.9 Å². The van der Waals surface area contributed by atoms with E-state index in [1.807, 2.05) is 0 Å². The number of nitrogens with zero attached hydrogens (tertiary/aromatic N) is 5. The molecule has 0 saturated carbocycles. The molecule has 0 saturated heterocycles. The van der Waals surface area contributed by atoms with Crippen LogP contribution in [0, 0.1) is 17.5 Å². The SMILES string of the molecule is Fc1cc(F)c(-c2c(Cl)nc3nc(C(F)(F)F)nn3c2N(SC(F)(F)F)SC(F)(Cl)Cl)c(F)c1. The Balaban J connectivity index is 2.49. The van der Waals surface area contributed by atoms with Crippen molar-refractivity contribution in [3.05, 3.63) is 40.6 Å². The molecule has 0 unspecified atom stereocenters. The molecule has 0 amide bonds. The highest BCUT2D eigenvalue weighted by atomic mass is 35.5. The maximum Gasteiger partial charge on any atom is 0.462 e. The number of hydrogen-bond acceptors (Lipinski definition) is 6. The normalized spacial score (nSPS) is 13.1. The first-order valence-corrected chi connectivity index (χ1v) is 10.6. The minimum absolute atomic E-state index is 0.0441. The van der Waals surface area contributed by atoms with E-state index in [4.69, 9.17) is 34.8 Å². The van der Waals surface area contributed by atoms with Gasteiger partial charge in [-0.1, -0.05) is 34.8 Å². The highest BCUT2D eigenvalue weighted by molar-refractivity contribution is 8.20. The summed E-state index contributed by atoms with van der Waals surface area (Å²) in [4.78, 5) is 6.34. The second-order valence-corrected chi connectivity index (χ2v) is 10.2. The fraction of sp³-hybridized carbons (Fsp3) is 0.214. The minimum Gasteiger partial charge on any atom is -0.227 e. The van der Waals surface area contributed by atoms with Crippen LogP contribution < -0.4 is 3.71 Å². The third-order valence-electron chi connectivity index (χ3n) is 3.47. The Morgan fingerprint density at radius 3 is 1.88 bits per heavy atom. The van der Waals surface area contributed by atoms with Gasteiger partial charge in [0.05, 0.1) is 23.1 Å². The van der Waals surface area contributed by atoms with Crippen LogP contribution in [-0.2, 0) is 6.18 Å². The quantitative estimate of drug-likeness (QED) is 0.130. The van der Waals surface area contributed by atoms with Crippen LogP contribution in [0.4, 0.5) is 49.7 Å². The Bertz CT molecular complexity index is 1210. The van der Waals surface area contributed by atoms with Crippen LogP contribution in [-0.4, -0.2) is 29.0 Å². The van der Waals surface area contributed by atoms with Crippen molar-refractivity contribution in [1.82, 2.24) is 19.6 Å². The number of halogens is 13. The lowest BCUT2D eigenvalue weighted by molar-refractivity contribution is -0.144. The van der Waals surface area contributed by atoms with E-state index >= 15 is 0 Å². The standard InChI is InChI=1S/C14H2Cl3F10N5S2/c15-8-7(6-4(19)1-3(18)2-5(6)20)9(32(33-13(16,17)24)34-14(25,26)27)31-11(28-8)29-10(30-31)12(21,22)23/h1-2H. The molecular formula is C14H2Cl3F10N5S2. The van der Waals surface area contributed by atoms with E-state index in [9.17, 15) is 43.9 Å². The zero-order valence-electron chi connectivity index (χ0n) is 15.1. The molecular weight excluding hydrogens is 599 g/mol. The van der Waals surface area contributed by atoms with Crippen LogP contribution in [0.3, 0.4) is 0 Å². The van der Waals surface area contributed by atoms with Crippen molar-refractivity contribution in [2.45, 2.75) is 15.6 Å². The molecule has 0 fully saturated rings. The first-order valence-electron chi connectivity index (χ1n) is 7.87. The van der Waals surface area contributed by atoms with Gasteiger partial charge in [-0.25, -0.2) is 16.9 Å². The fourth-order valence-corrected chi connectivity index (χ4v) is 4.95. The summed E-state index contributed by atoms with van der Waals surface area (Å²) >= 11 is 14.2. The summed E-state index contributed by atoms with van der Waals surface area (Å²) in [6.07, 6.45) is -5.26. The first-order chi connectivity index (χ1) is 15.4. The Labute approximate surface area is 204 Å². The van der Waals surface area contributed by atoms with E-state index in [1.165, 1.54) is 0 Å². The van der Waals surface area contributed by atoms with Gasteiger partial charge < -0.3 is 0 Å². The van der Waals surface area contributed by atoms with Gasteiger partial charge in [0.15, 0.2) is 5.82 Å². The van der Waals surface area contributed by atoms with Crippen LogP contribution in [0.2, 0.25) is 5.15 Å². The zero-order valence-corrected chi connectivity index (χ0v) is 19.0. The maximum atomic E-state index is 14.5. The molecule has 34 heavy (non-hydrogen) atoms. The average Bonchev–Trinajstić information content (AvgIpc) is 3.01. The Kier molecular flexibility index (Phi) is 7.27. The van der Waals surface area contributed by atoms with Gasteiger partial charge in [0.1, 0.15) is 22.6 Å².